The van der Waals surface area contributed by atoms with Gasteiger partial charge in [0.2, 0.25) is 0 Å². The van der Waals surface area contributed by atoms with Crippen LogP contribution in [0.3, 0.4) is 0 Å². The van der Waals surface area contributed by atoms with Crippen molar-refractivity contribution in [3.8, 4) is 0 Å². The van der Waals surface area contributed by atoms with Crippen molar-refractivity contribution in [1.29, 1.82) is 0 Å². The number of hydrogen-bond acceptors (Lipinski definition) is 5. The summed E-state index contributed by atoms with van der Waals surface area (Å²) in [5.41, 5.74) is 5.83. The molecule has 0 amide bonds. The molecule has 1 atom stereocenters. The van der Waals surface area contributed by atoms with E-state index in [1.54, 1.807) is 6.92 Å². The van der Waals surface area contributed by atoms with Crippen molar-refractivity contribution >= 4 is 21.4 Å². The Bertz CT molecular complexity index is 454. The number of thiazole rings is 1. The smallest absolute Gasteiger partial charge is 0.251 e. The van der Waals surface area contributed by atoms with E-state index >= 15 is 0 Å². The maximum atomic E-state index is 11.8. The van der Waals surface area contributed by atoms with Crippen LogP contribution in [0.15, 0.2) is 10.4 Å². The summed E-state index contributed by atoms with van der Waals surface area (Å²) >= 11 is 1.16. The van der Waals surface area contributed by atoms with E-state index in [2.05, 4.69) is 23.6 Å². The van der Waals surface area contributed by atoms with Gasteiger partial charge < -0.3 is 5.73 Å². The number of rotatable bonds is 6. The first-order valence-electron chi connectivity index (χ1n) is 5.49. The van der Waals surface area contributed by atoms with Gasteiger partial charge >= 0.3 is 0 Å². The summed E-state index contributed by atoms with van der Waals surface area (Å²) in [5, 5.41) is 0.733. The van der Waals surface area contributed by atoms with E-state index in [9.17, 15) is 8.42 Å². The number of hydrogen-bond donors (Lipinski definition) is 2. The second kappa shape index (κ2) is 5.90. The van der Waals surface area contributed by atoms with Crippen LogP contribution >= 0.6 is 11.3 Å². The van der Waals surface area contributed by atoms with E-state index in [0.717, 1.165) is 22.8 Å². The fourth-order valence-corrected chi connectivity index (χ4v) is 3.69. The van der Waals surface area contributed by atoms with E-state index in [1.807, 2.05) is 0 Å². The Morgan fingerprint density at radius 2 is 2.18 bits per heavy atom. The molecular formula is C10H19N3O2S2. The van der Waals surface area contributed by atoms with Gasteiger partial charge in [0, 0.05) is 12.6 Å². The molecular weight excluding hydrogens is 258 g/mol. The van der Waals surface area contributed by atoms with E-state index < -0.39 is 10.0 Å². The summed E-state index contributed by atoms with van der Waals surface area (Å²) in [7, 11) is -3.44. The number of nitrogens with two attached hydrogens (primary N) is 1. The molecule has 1 aromatic heterocycles. The van der Waals surface area contributed by atoms with Gasteiger partial charge in [-0.25, -0.2) is 18.1 Å². The minimum absolute atomic E-state index is 0.154. The van der Waals surface area contributed by atoms with Gasteiger partial charge in [-0.15, -0.1) is 11.3 Å². The Hall–Kier alpha value is -0.500. The molecule has 17 heavy (non-hydrogen) atoms. The third-order valence-corrected chi connectivity index (χ3v) is 4.97. The van der Waals surface area contributed by atoms with Crippen molar-refractivity contribution in [3.05, 3.63) is 11.2 Å². The van der Waals surface area contributed by atoms with Crippen molar-refractivity contribution in [2.45, 2.75) is 37.4 Å². The summed E-state index contributed by atoms with van der Waals surface area (Å²) in [6.45, 7) is 6.15. The molecule has 0 bridgehead atoms. The normalized spacial score (nSPS) is 14.2. The maximum absolute atomic E-state index is 11.8. The molecule has 7 heteroatoms. The monoisotopic (exact) mass is 277 g/mol. The van der Waals surface area contributed by atoms with E-state index in [4.69, 9.17) is 5.73 Å². The SMILES string of the molecule is Cc1ncc(S(=O)(=O)NCC(N)CC(C)C)s1. The van der Waals surface area contributed by atoms with E-state index in [0.29, 0.717) is 5.92 Å². The van der Waals surface area contributed by atoms with Crippen LogP contribution in [0.25, 0.3) is 0 Å². The molecule has 0 saturated carbocycles. The molecule has 0 aliphatic rings. The first kappa shape index (κ1) is 14.6. The van der Waals surface area contributed by atoms with Crippen molar-refractivity contribution < 1.29 is 8.42 Å². The molecule has 0 aliphatic carbocycles. The van der Waals surface area contributed by atoms with Crippen LogP contribution in [0, 0.1) is 12.8 Å². The summed E-state index contributed by atoms with van der Waals surface area (Å²) in [6.07, 6.45) is 2.17. The lowest BCUT2D eigenvalue weighted by Gasteiger charge is -2.14. The molecule has 0 aliphatic heterocycles. The van der Waals surface area contributed by atoms with Crippen molar-refractivity contribution in [3.63, 3.8) is 0 Å². The van der Waals surface area contributed by atoms with Crippen LogP contribution in [0.4, 0.5) is 0 Å². The predicted molar refractivity (Wildman–Crippen MR) is 69.5 cm³/mol. The van der Waals surface area contributed by atoms with Gasteiger partial charge in [-0.3, -0.25) is 0 Å². The van der Waals surface area contributed by atoms with Crippen LogP contribution in [-0.4, -0.2) is 26.0 Å². The first-order chi connectivity index (χ1) is 7.81. The van der Waals surface area contributed by atoms with E-state index in [1.165, 1.54) is 6.20 Å². The Morgan fingerprint density at radius 1 is 1.53 bits per heavy atom. The van der Waals surface area contributed by atoms with Crippen molar-refractivity contribution in [1.82, 2.24) is 9.71 Å². The Morgan fingerprint density at radius 3 is 2.65 bits per heavy atom. The summed E-state index contributed by atoms with van der Waals surface area (Å²) < 4.78 is 26.4. The van der Waals surface area contributed by atoms with Crippen LogP contribution in [0.2, 0.25) is 0 Å². The molecule has 0 radical (unpaired) electrons. The first-order valence-corrected chi connectivity index (χ1v) is 7.79. The topological polar surface area (TPSA) is 85.1 Å². The fraction of sp³-hybridized carbons (Fsp3) is 0.700. The predicted octanol–water partition coefficient (Wildman–Crippen LogP) is 1.10. The highest BCUT2D eigenvalue weighted by molar-refractivity contribution is 7.91. The number of aryl methyl sites for hydroxylation is 1. The Kier molecular flexibility index (Phi) is 5.05. The molecule has 0 fully saturated rings. The minimum atomic E-state index is -3.44. The van der Waals surface area contributed by atoms with Crippen molar-refractivity contribution in [2.24, 2.45) is 11.7 Å². The molecule has 1 rings (SSSR count). The molecule has 0 saturated heterocycles. The largest absolute Gasteiger partial charge is 0.327 e. The van der Waals surface area contributed by atoms with Gasteiger partial charge in [0.15, 0.2) is 4.21 Å². The number of nitrogens with zero attached hydrogens (tertiary/aromatic N) is 1. The molecule has 5 nitrogen and oxygen atoms in total. The van der Waals surface area contributed by atoms with Gasteiger partial charge in [-0.1, -0.05) is 13.8 Å². The number of nitrogens with one attached hydrogen (secondary N) is 1. The van der Waals surface area contributed by atoms with Crippen molar-refractivity contribution in [2.75, 3.05) is 6.54 Å². The fourth-order valence-electron chi connectivity index (χ4n) is 1.44. The average Bonchev–Trinajstić information content (AvgIpc) is 2.62. The molecule has 1 unspecified atom stereocenters. The molecule has 0 spiro atoms. The average molecular weight is 277 g/mol. The highest BCUT2D eigenvalue weighted by atomic mass is 32.2. The van der Waals surface area contributed by atoms with Crippen LogP contribution in [0.1, 0.15) is 25.3 Å². The molecule has 1 aromatic rings. The zero-order valence-electron chi connectivity index (χ0n) is 10.3. The third-order valence-electron chi connectivity index (χ3n) is 2.17. The summed E-state index contributed by atoms with van der Waals surface area (Å²) in [4.78, 5) is 3.93. The second-order valence-electron chi connectivity index (χ2n) is 4.44. The van der Waals surface area contributed by atoms with Crippen LogP contribution in [0.5, 0.6) is 0 Å². The van der Waals surface area contributed by atoms with Gasteiger partial charge in [0.1, 0.15) is 0 Å². The lowest BCUT2D eigenvalue weighted by Crippen LogP contribution is -2.37. The molecule has 0 aromatic carbocycles. The zero-order valence-corrected chi connectivity index (χ0v) is 11.9. The standard InChI is InChI=1S/C10H19N3O2S2/c1-7(2)4-9(11)5-13-17(14,15)10-6-12-8(3)16-10/h6-7,9,13H,4-5,11H2,1-3H3. The summed E-state index contributed by atoms with van der Waals surface area (Å²) in [6, 6.07) is -0.154. The maximum Gasteiger partial charge on any atom is 0.251 e. The van der Waals surface area contributed by atoms with Gasteiger partial charge in [0.05, 0.1) is 11.2 Å². The second-order valence-corrected chi connectivity index (χ2v) is 7.67. The summed E-state index contributed by atoms with van der Waals surface area (Å²) in [5.74, 6) is 0.458. The lowest BCUT2D eigenvalue weighted by molar-refractivity contribution is 0.486. The van der Waals surface area contributed by atoms with Crippen LogP contribution < -0.4 is 10.5 Å². The quantitative estimate of drug-likeness (QED) is 0.815. The molecule has 98 valence electrons. The van der Waals surface area contributed by atoms with Crippen LogP contribution in [-0.2, 0) is 10.0 Å². The molecule has 3 N–H and O–H groups in total. The number of sulfonamides is 1. The van der Waals surface area contributed by atoms with Gasteiger partial charge in [-0.2, -0.15) is 0 Å². The van der Waals surface area contributed by atoms with Gasteiger partial charge in [-0.05, 0) is 19.3 Å². The highest BCUT2D eigenvalue weighted by Gasteiger charge is 2.18. The van der Waals surface area contributed by atoms with Gasteiger partial charge in [0.25, 0.3) is 10.0 Å². The zero-order chi connectivity index (χ0) is 13.1. The Balaban J connectivity index is 2.56. The Labute approximate surface area is 106 Å². The van der Waals surface area contributed by atoms with E-state index in [-0.39, 0.29) is 16.8 Å². The number of aromatic nitrogens is 1. The third kappa shape index (κ3) is 4.71. The molecule has 1 heterocycles. The highest BCUT2D eigenvalue weighted by Crippen LogP contribution is 2.17. The lowest BCUT2D eigenvalue weighted by atomic mass is 10.1. The minimum Gasteiger partial charge on any atom is -0.327 e.